The van der Waals surface area contributed by atoms with E-state index in [0.717, 1.165) is 29.4 Å². The Kier molecular flexibility index (Phi) is 3.09. The number of carbonyl (C=O) groups excluding carboxylic acids is 1. The maximum atomic E-state index is 12.0. The Balaban J connectivity index is 1.37. The third-order valence-corrected chi connectivity index (χ3v) is 4.89. The quantitative estimate of drug-likeness (QED) is 0.869. The van der Waals surface area contributed by atoms with Crippen molar-refractivity contribution in [3.8, 4) is 11.5 Å². The summed E-state index contributed by atoms with van der Waals surface area (Å²) in [5, 5.41) is 3.15. The van der Waals surface area contributed by atoms with Crippen LogP contribution in [0.4, 0.5) is 0 Å². The van der Waals surface area contributed by atoms with E-state index in [1.54, 1.807) is 6.08 Å². The van der Waals surface area contributed by atoms with Crippen molar-refractivity contribution in [3.63, 3.8) is 0 Å². The Morgan fingerprint density at radius 2 is 2.10 bits per heavy atom. The second-order valence-electron chi connectivity index (χ2n) is 6.24. The molecule has 2 bridgehead atoms. The van der Waals surface area contributed by atoms with Crippen molar-refractivity contribution in [1.82, 2.24) is 5.32 Å². The highest BCUT2D eigenvalue weighted by Crippen LogP contribution is 2.44. The summed E-state index contributed by atoms with van der Waals surface area (Å²) in [5.41, 5.74) is 0.947. The van der Waals surface area contributed by atoms with Crippen LogP contribution >= 0.6 is 0 Å². The van der Waals surface area contributed by atoms with Gasteiger partial charge in [-0.2, -0.15) is 0 Å². The van der Waals surface area contributed by atoms with Crippen LogP contribution in [0.2, 0.25) is 0 Å². The zero-order valence-electron chi connectivity index (χ0n) is 11.9. The fraction of sp³-hybridized carbons (Fsp3) is 0.471. The summed E-state index contributed by atoms with van der Waals surface area (Å²) in [6, 6.07) is 6.08. The highest BCUT2D eigenvalue weighted by molar-refractivity contribution is 5.92. The Morgan fingerprint density at radius 3 is 2.90 bits per heavy atom. The van der Waals surface area contributed by atoms with E-state index in [0.29, 0.717) is 12.0 Å². The van der Waals surface area contributed by atoms with Crippen molar-refractivity contribution >= 4 is 12.0 Å². The first kappa shape index (κ1) is 12.7. The second-order valence-corrected chi connectivity index (χ2v) is 6.24. The molecule has 21 heavy (non-hydrogen) atoms. The number of benzene rings is 1. The molecular weight excluding hydrogens is 266 g/mol. The van der Waals surface area contributed by atoms with E-state index < -0.39 is 0 Å². The molecule has 0 aromatic heterocycles. The van der Waals surface area contributed by atoms with Gasteiger partial charge in [0.05, 0.1) is 0 Å². The van der Waals surface area contributed by atoms with Crippen molar-refractivity contribution in [2.75, 3.05) is 6.79 Å². The van der Waals surface area contributed by atoms with Gasteiger partial charge in [0.2, 0.25) is 12.7 Å². The fourth-order valence-electron chi connectivity index (χ4n) is 3.84. The van der Waals surface area contributed by atoms with Gasteiger partial charge in [0, 0.05) is 12.1 Å². The van der Waals surface area contributed by atoms with Gasteiger partial charge in [-0.3, -0.25) is 4.79 Å². The summed E-state index contributed by atoms with van der Waals surface area (Å²) in [4.78, 5) is 12.0. The Hall–Kier alpha value is -1.97. The molecule has 110 valence electrons. The van der Waals surface area contributed by atoms with Crippen LogP contribution in [-0.2, 0) is 4.79 Å². The molecule has 1 N–H and O–H groups in total. The normalized spacial score (nSPS) is 29.2. The zero-order chi connectivity index (χ0) is 14.2. The molecule has 1 aliphatic heterocycles. The summed E-state index contributed by atoms with van der Waals surface area (Å²) in [6.45, 7) is 0.271. The van der Waals surface area contributed by atoms with Crippen LogP contribution in [0.3, 0.4) is 0 Å². The first-order valence-corrected chi connectivity index (χ1v) is 7.66. The third-order valence-electron chi connectivity index (χ3n) is 4.89. The third kappa shape index (κ3) is 2.50. The van der Waals surface area contributed by atoms with E-state index in [1.165, 1.54) is 19.3 Å². The average molecular weight is 285 g/mol. The van der Waals surface area contributed by atoms with Gasteiger partial charge in [-0.05, 0) is 54.9 Å². The van der Waals surface area contributed by atoms with Gasteiger partial charge in [-0.1, -0.05) is 12.5 Å². The molecule has 4 heteroatoms. The van der Waals surface area contributed by atoms with Crippen LogP contribution < -0.4 is 14.8 Å². The number of hydrogen-bond acceptors (Lipinski definition) is 3. The number of ether oxygens (including phenoxy) is 2. The summed E-state index contributed by atoms with van der Waals surface area (Å²) in [6.07, 6.45) is 8.53. The molecule has 2 fully saturated rings. The monoisotopic (exact) mass is 285 g/mol. The average Bonchev–Trinajstić information content (AvgIpc) is 3.20. The summed E-state index contributed by atoms with van der Waals surface area (Å²) < 4.78 is 10.6. The zero-order valence-corrected chi connectivity index (χ0v) is 11.9. The predicted octanol–water partition coefficient (Wildman–Crippen LogP) is 2.73. The Labute approximate surface area is 124 Å². The van der Waals surface area contributed by atoms with E-state index in [2.05, 4.69) is 5.32 Å². The molecule has 4 nitrogen and oxygen atoms in total. The van der Waals surface area contributed by atoms with E-state index >= 15 is 0 Å². The standard InChI is InChI=1S/C17H19NO3/c19-17(18-14-8-12-1-4-13(14)7-12)6-3-11-2-5-15-16(9-11)21-10-20-15/h2-3,5-6,9,12-14H,1,4,7-8,10H2,(H,18,19)/b6-3+. The molecule has 1 aromatic rings. The summed E-state index contributed by atoms with van der Waals surface area (Å²) in [5.74, 6) is 3.06. The van der Waals surface area contributed by atoms with Gasteiger partial charge < -0.3 is 14.8 Å². The molecule has 0 spiro atoms. The first-order chi connectivity index (χ1) is 10.3. The maximum Gasteiger partial charge on any atom is 0.244 e. The minimum atomic E-state index is 0.00483. The van der Waals surface area contributed by atoms with Crippen LogP contribution in [0.1, 0.15) is 31.2 Å². The van der Waals surface area contributed by atoms with E-state index in [4.69, 9.17) is 9.47 Å². The van der Waals surface area contributed by atoms with Crippen LogP contribution in [0, 0.1) is 11.8 Å². The van der Waals surface area contributed by atoms with E-state index in [1.807, 2.05) is 24.3 Å². The summed E-state index contributed by atoms with van der Waals surface area (Å²) >= 11 is 0. The fourth-order valence-corrected chi connectivity index (χ4v) is 3.84. The molecule has 1 amide bonds. The second kappa shape index (κ2) is 5.10. The van der Waals surface area contributed by atoms with Crippen LogP contribution in [0.5, 0.6) is 11.5 Å². The number of rotatable bonds is 3. The van der Waals surface area contributed by atoms with Gasteiger partial charge in [0.25, 0.3) is 0 Å². The Morgan fingerprint density at radius 1 is 1.19 bits per heavy atom. The largest absolute Gasteiger partial charge is 0.454 e. The maximum absolute atomic E-state index is 12.0. The minimum absolute atomic E-state index is 0.00483. The highest BCUT2D eigenvalue weighted by Gasteiger charge is 2.39. The van der Waals surface area contributed by atoms with Crippen molar-refractivity contribution < 1.29 is 14.3 Å². The lowest BCUT2D eigenvalue weighted by molar-refractivity contribution is -0.117. The first-order valence-electron chi connectivity index (χ1n) is 7.66. The van der Waals surface area contributed by atoms with Gasteiger partial charge >= 0.3 is 0 Å². The Bertz CT molecular complexity index is 596. The van der Waals surface area contributed by atoms with Crippen molar-refractivity contribution in [2.24, 2.45) is 11.8 Å². The molecule has 2 saturated carbocycles. The molecule has 1 heterocycles. The van der Waals surface area contributed by atoms with Gasteiger partial charge in [-0.15, -0.1) is 0 Å². The number of carbonyl (C=O) groups is 1. The molecule has 3 unspecified atom stereocenters. The SMILES string of the molecule is O=C(/C=C/c1ccc2c(c1)OCO2)NC1CC2CCC1C2. The van der Waals surface area contributed by atoms with Crippen LogP contribution in [0.15, 0.2) is 24.3 Å². The molecule has 0 saturated heterocycles. The molecule has 2 aliphatic carbocycles. The van der Waals surface area contributed by atoms with Crippen molar-refractivity contribution in [2.45, 2.75) is 31.7 Å². The predicted molar refractivity (Wildman–Crippen MR) is 79.0 cm³/mol. The molecule has 3 atom stereocenters. The van der Waals surface area contributed by atoms with Gasteiger partial charge in [0.15, 0.2) is 11.5 Å². The van der Waals surface area contributed by atoms with Crippen molar-refractivity contribution in [3.05, 3.63) is 29.8 Å². The van der Waals surface area contributed by atoms with E-state index in [-0.39, 0.29) is 12.7 Å². The molecule has 1 aromatic carbocycles. The van der Waals surface area contributed by atoms with Gasteiger partial charge in [-0.25, -0.2) is 0 Å². The molecule has 3 aliphatic rings. The summed E-state index contributed by atoms with van der Waals surface area (Å²) in [7, 11) is 0. The van der Waals surface area contributed by atoms with Gasteiger partial charge in [0.1, 0.15) is 0 Å². The van der Waals surface area contributed by atoms with Crippen molar-refractivity contribution in [1.29, 1.82) is 0 Å². The lowest BCUT2D eigenvalue weighted by Gasteiger charge is -2.22. The molecule has 4 rings (SSSR count). The number of amides is 1. The lowest BCUT2D eigenvalue weighted by Crippen LogP contribution is -2.37. The minimum Gasteiger partial charge on any atom is -0.454 e. The number of fused-ring (bicyclic) bond motifs is 3. The molecule has 0 radical (unpaired) electrons. The van der Waals surface area contributed by atoms with Crippen LogP contribution in [-0.4, -0.2) is 18.7 Å². The van der Waals surface area contributed by atoms with E-state index in [9.17, 15) is 4.79 Å². The lowest BCUT2D eigenvalue weighted by atomic mass is 9.95. The molecular formula is C17H19NO3. The topological polar surface area (TPSA) is 47.6 Å². The number of nitrogens with one attached hydrogen (secondary N) is 1. The highest BCUT2D eigenvalue weighted by atomic mass is 16.7. The van der Waals surface area contributed by atoms with Crippen LogP contribution in [0.25, 0.3) is 6.08 Å². The number of hydrogen-bond donors (Lipinski definition) is 1. The smallest absolute Gasteiger partial charge is 0.244 e.